The number of esters is 1. The highest BCUT2D eigenvalue weighted by Crippen LogP contribution is 2.62. The quantitative estimate of drug-likeness (QED) is 0.340. The lowest BCUT2D eigenvalue weighted by molar-refractivity contribution is -0.277. The predicted octanol–water partition coefficient (Wildman–Crippen LogP) is 5.60. The molecule has 0 aromatic heterocycles. The maximum absolute atomic E-state index is 14.2. The number of benzene rings is 2. The number of carbonyl (C=O) groups excluding carboxylic acids is 1. The van der Waals surface area contributed by atoms with E-state index in [0.29, 0.717) is 0 Å². The zero-order chi connectivity index (χ0) is 23.1. The van der Waals surface area contributed by atoms with Crippen molar-refractivity contribution >= 4 is 13.6 Å². The molecule has 31 heavy (non-hydrogen) atoms. The van der Waals surface area contributed by atoms with Crippen LogP contribution in [0.5, 0.6) is 0 Å². The van der Waals surface area contributed by atoms with Crippen LogP contribution in [0.3, 0.4) is 0 Å². The summed E-state index contributed by atoms with van der Waals surface area (Å²) in [7, 11) is -3.44. The van der Waals surface area contributed by atoms with Crippen molar-refractivity contribution in [3.63, 3.8) is 0 Å². The minimum Gasteiger partial charge on any atom is -0.442 e. The molecule has 0 heterocycles. The van der Waals surface area contributed by atoms with Gasteiger partial charge in [-0.2, -0.15) is 13.2 Å². The number of hydrogen-bond donors (Lipinski definition) is 0. The van der Waals surface area contributed by atoms with Crippen LogP contribution in [-0.4, -0.2) is 32.5 Å². The molecule has 170 valence electrons. The van der Waals surface area contributed by atoms with Crippen LogP contribution in [0.4, 0.5) is 13.2 Å². The molecule has 0 amide bonds. The molecule has 0 unspecified atom stereocenters. The van der Waals surface area contributed by atoms with E-state index in [1.54, 1.807) is 18.2 Å². The molecule has 0 aliphatic rings. The summed E-state index contributed by atoms with van der Waals surface area (Å²) in [5.74, 6) is -3.52. The number of halogens is 3. The van der Waals surface area contributed by atoms with Crippen LogP contribution >= 0.6 is 7.60 Å². The SMILES string of the molecule is CCOP(=O)(OCC)[C@H](OC(=O)[C@](OC)(c1ccccc1)C(F)(F)F)c1ccccc1. The van der Waals surface area contributed by atoms with Crippen molar-refractivity contribution in [3.05, 3.63) is 71.8 Å². The lowest BCUT2D eigenvalue weighted by Gasteiger charge is -2.35. The summed E-state index contributed by atoms with van der Waals surface area (Å²) in [6.07, 6.45) is -5.18. The predicted molar refractivity (Wildman–Crippen MR) is 107 cm³/mol. The molecule has 0 saturated carbocycles. The molecular formula is C21H24F3O6P. The first kappa shape index (κ1) is 25.1. The summed E-state index contributed by atoms with van der Waals surface area (Å²) in [5.41, 5.74) is -3.77. The summed E-state index contributed by atoms with van der Waals surface area (Å²) >= 11 is 0. The van der Waals surface area contributed by atoms with Gasteiger partial charge < -0.3 is 18.5 Å². The van der Waals surface area contributed by atoms with Crippen molar-refractivity contribution in [1.82, 2.24) is 0 Å². The van der Waals surface area contributed by atoms with Gasteiger partial charge in [0, 0.05) is 18.2 Å². The van der Waals surface area contributed by atoms with Crippen LogP contribution in [-0.2, 0) is 33.5 Å². The highest BCUT2D eigenvalue weighted by molar-refractivity contribution is 7.54. The molecule has 0 spiro atoms. The van der Waals surface area contributed by atoms with E-state index in [0.717, 1.165) is 19.2 Å². The number of alkyl halides is 3. The number of carbonyl (C=O) groups is 1. The second-order valence-electron chi connectivity index (χ2n) is 6.29. The smallest absolute Gasteiger partial charge is 0.432 e. The van der Waals surface area contributed by atoms with Gasteiger partial charge in [0.1, 0.15) is 0 Å². The molecule has 0 N–H and O–H groups in total. The van der Waals surface area contributed by atoms with Crippen LogP contribution in [0, 0.1) is 0 Å². The molecule has 0 aliphatic carbocycles. The summed E-state index contributed by atoms with van der Waals surface area (Å²) in [6, 6.07) is 14.0. The van der Waals surface area contributed by atoms with Crippen molar-refractivity contribution < 1.29 is 41.1 Å². The Balaban J connectivity index is 2.61. The zero-order valence-electron chi connectivity index (χ0n) is 17.3. The molecule has 2 rings (SSSR count). The van der Waals surface area contributed by atoms with Crippen molar-refractivity contribution in [2.45, 2.75) is 31.5 Å². The Morgan fingerprint density at radius 2 is 1.42 bits per heavy atom. The third kappa shape index (κ3) is 5.18. The molecule has 2 aromatic rings. The fourth-order valence-electron chi connectivity index (χ4n) is 3.04. The van der Waals surface area contributed by atoms with Crippen molar-refractivity contribution in [1.29, 1.82) is 0 Å². The summed E-state index contributed by atoms with van der Waals surface area (Å²) in [4.78, 5) is 13.1. The topological polar surface area (TPSA) is 71.1 Å². The number of rotatable bonds is 10. The first-order valence-corrected chi connectivity index (χ1v) is 11.1. The van der Waals surface area contributed by atoms with Crippen LogP contribution in [0.2, 0.25) is 0 Å². The van der Waals surface area contributed by atoms with Crippen LogP contribution in [0.15, 0.2) is 60.7 Å². The maximum Gasteiger partial charge on any atom is 0.432 e. The first-order valence-electron chi connectivity index (χ1n) is 9.48. The Bertz CT molecular complexity index is 881. The van der Waals surface area contributed by atoms with Gasteiger partial charge in [0.25, 0.3) is 5.60 Å². The average molecular weight is 460 g/mol. The third-order valence-corrected chi connectivity index (χ3v) is 6.60. The molecule has 10 heteroatoms. The average Bonchev–Trinajstić information content (AvgIpc) is 2.73. The van der Waals surface area contributed by atoms with E-state index in [1.165, 1.54) is 44.2 Å². The van der Waals surface area contributed by atoms with Gasteiger partial charge in [0.05, 0.1) is 13.2 Å². The normalized spacial score (nSPS) is 15.2. The standard InChI is InChI=1S/C21H24F3O6P/c1-4-28-31(26,29-5-2)18(16-12-8-6-9-13-16)30-19(25)20(27-3,21(22,23)24)17-14-10-7-11-15-17/h6-15,18H,4-5H2,1-3H3/t18-,20+/m0/s1. The number of ether oxygens (including phenoxy) is 2. The minimum atomic E-state index is -5.18. The Hall–Kier alpha value is -2.19. The molecule has 0 saturated heterocycles. The fourth-order valence-corrected chi connectivity index (χ4v) is 4.86. The monoisotopic (exact) mass is 460 g/mol. The second kappa shape index (κ2) is 10.4. The highest BCUT2D eigenvalue weighted by Gasteiger charge is 2.65. The summed E-state index contributed by atoms with van der Waals surface area (Å²) < 4.78 is 76.5. The number of hydrogen-bond acceptors (Lipinski definition) is 6. The Kier molecular flexibility index (Phi) is 8.42. The second-order valence-corrected chi connectivity index (χ2v) is 8.36. The third-order valence-electron chi connectivity index (χ3n) is 4.38. The van der Waals surface area contributed by atoms with Gasteiger partial charge in [0.15, 0.2) is 0 Å². The van der Waals surface area contributed by atoms with Gasteiger partial charge in [0.2, 0.25) is 5.85 Å². The molecule has 0 fully saturated rings. The van der Waals surface area contributed by atoms with Gasteiger partial charge in [-0.15, -0.1) is 0 Å². The maximum atomic E-state index is 14.2. The molecule has 0 bridgehead atoms. The van der Waals surface area contributed by atoms with E-state index in [9.17, 15) is 22.5 Å². The van der Waals surface area contributed by atoms with Crippen molar-refractivity contribution in [2.75, 3.05) is 20.3 Å². The van der Waals surface area contributed by atoms with Gasteiger partial charge in [-0.1, -0.05) is 60.7 Å². The van der Waals surface area contributed by atoms with E-state index >= 15 is 0 Å². The summed E-state index contributed by atoms with van der Waals surface area (Å²) in [6.45, 7) is 2.92. The molecule has 2 atom stereocenters. The minimum absolute atomic E-state index is 0.0778. The van der Waals surface area contributed by atoms with Crippen LogP contribution in [0.1, 0.15) is 30.8 Å². The van der Waals surface area contributed by atoms with E-state index in [2.05, 4.69) is 0 Å². The van der Waals surface area contributed by atoms with Gasteiger partial charge in [-0.25, -0.2) is 4.79 Å². The van der Waals surface area contributed by atoms with Gasteiger partial charge in [-0.05, 0) is 13.8 Å². The fraction of sp³-hybridized carbons (Fsp3) is 0.381. The lowest BCUT2D eigenvalue weighted by Crippen LogP contribution is -2.52. The van der Waals surface area contributed by atoms with Gasteiger partial charge >= 0.3 is 19.7 Å². The zero-order valence-corrected chi connectivity index (χ0v) is 18.2. The Labute approximate surface area is 178 Å². The Morgan fingerprint density at radius 1 is 0.935 bits per heavy atom. The highest BCUT2D eigenvalue weighted by atomic mass is 31.2. The molecule has 6 nitrogen and oxygen atoms in total. The van der Waals surface area contributed by atoms with Gasteiger partial charge in [-0.3, -0.25) is 4.57 Å². The largest absolute Gasteiger partial charge is 0.442 e. The molecule has 2 aromatic carbocycles. The van der Waals surface area contributed by atoms with E-state index < -0.39 is 36.8 Å². The van der Waals surface area contributed by atoms with Crippen molar-refractivity contribution in [2.24, 2.45) is 0 Å². The van der Waals surface area contributed by atoms with Crippen LogP contribution < -0.4 is 0 Å². The number of methoxy groups -OCH3 is 1. The van der Waals surface area contributed by atoms with Crippen LogP contribution in [0.25, 0.3) is 0 Å². The lowest BCUT2D eigenvalue weighted by atomic mass is 9.92. The van der Waals surface area contributed by atoms with Crippen molar-refractivity contribution in [3.8, 4) is 0 Å². The van der Waals surface area contributed by atoms with E-state index in [-0.39, 0.29) is 18.8 Å². The van der Waals surface area contributed by atoms with E-state index in [1.807, 2.05) is 0 Å². The first-order chi connectivity index (χ1) is 14.7. The summed E-state index contributed by atoms with van der Waals surface area (Å²) in [5, 5.41) is 0. The molecular weight excluding hydrogens is 436 g/mol. The van der Waals surface area contributed by atoms with E-state index in [4.69, 9.17) is 18.5 Å². The molecule has 0 aliphatic heterocycles. The Morgan fingerprint density at radius 3 is 1.84 bits per heavy atom. The molecule has 0 radical (unpaired) electrons.